The first-order chi connectivity index (χ1) is 14.3. The molecule has 0 bridgehead atoms. The van der Waals surface area contributed by atoms with Crippen LogP contribution in [0.1, 0.15) is 107 Å². The quantitative estimate of drug-likeness (QED) is 0.250. The minimum Gasteiger partial charge on any atom is -0.248 e. The van der Waals surface area contributed by atoms with E-state index in [0.717, 1.165) is 17.7 Å². The fraction of sp³-hybridized carbons (Fsp3) is 0.536. The molecule has 0 radical (unpaired) electrons. The van der Waals surface area contributed by atoms with Crippen molar-refractivity contribution in [1.29, 1.82) is 0 Å². The highest BCUT2D eigenvalue weighted by Gasteiger charge is 1.97. The first kappa shape index (κ1) is 23.2. The third-order valence-electron chi connectivity index (χ3n) is 5.50. The Hall–Kier alpha value is -2.07. The van der Waals surface area contributed by atoms with Gasteiger partial charge in [-0.15, -0.1) is 0 Å². The third-order valence-corrected chi connectivity index (χ3v) is 5.50. The van der Waals surface area contributed by atoms with E-state index < -0.39 is 0 Å². The molecule has 2 rings (SSSR count). The standard InChI is InChI=1S/C28H39N/c1-3-5-7-9-11-13-15-27-21-23-28(29-24-27)22-20-26-18-16-25(17-19-26)14-12-10-8-6-4-2/h16-19,21,23-24H,3-15H2,1-2H3. The Bertz CT molecular complexity index is 716. The SMILES string of the molecule is CCCCCCCCc1ccc(C#Cc2ccc(CCCCCCC)cc2)nc1. The molecule has 0 atom stereocenters. The second-order valence-electron chi connectivity index (χ2n) is 8.18. The van der Waals surface area contributed by atoms with Crippen LogP contribution in [0.5, 0.6) is 0 Å². The molecule has 1 heteroatoms. The lowest BCUT2D eigenvalue weighted by atomic mass is 10.0. The number of rotatable bonds is 13. The van der Waals surface area contributed by atoms with Crippen molar-refractivity contribution in [2.24, 2.45) is 0 Å². The highest BCUT2D eigenvalue weighted by molar-refractivity contribution is 5.41. The minimum absolute atomic E-state index is 0.858. The highest BCUT2D eigenvalue weighted by Crippen LogP contribution is 2.11. The van der Waals surface area contributed by atoms with Crippen molar-refractivity contribution >= 4 is 0 Å². The van der Waals surface area contributed by atoms with Crippen molar-refractivity contribution in [3.05, 3.63) is 65.0 Å². The molecular weight excluding hydrogens is 350 g/mol. The van der Waals surface area contributed by atoms with Gasteiger partial charge in [0, 0.05) is 11.8 Å². The Kier molecular flexibility index (Phi) is 11.9. The van der Waals surface area contributed by atoms with Gasteiger partial charge in [-0.2, -0.15) is 0 Å². The van der Waals surface area contributed by atoms with Crippen molar-refractivity contribution in [2.75, 3.05) is 0 Å². The number of unbranched alkanes of at least 4 members (excludes halogenated alkanes) is 9. The Labute approximate surface area is 179 Å². The lowest BCUT2D eigenvalue weighted by Gasteiger charge is -2.02. The van der Waals surface area contributed by atoms with Gasteiger partial charge in [0.25, 0.3) is 0 Å². The molecule has 0 aliphatic carbocycles. The van der Waals surface area contributed by atoms with Crippen molar-refractivity contribution in [3.8, 4) is 11.8 Å². The van der Waals surface area contributed by atoms with E-state index in [-0.39, 0.29) is 0 Å². The number of benzene rings is 1. The Morgan fingerprint density at radius 1 is 0.586 bits per heavy atom. The monoisotopic (exact) mass is 389 g/mol. The molecular formula is C28H39N. The maximum atomic E-state index is 4.53. The average molecular weight is 390 g/mol. The van der Waals surface area contributed by atoms with Gasteiger partial charge in [-0.1, -0.05) is 95.8 Å². The van der Waals surface area contributed by atoms with E-state index >= 15 is 0 Å². The van der Waals surface area contributed by atoms with Gasteiger partial charge in [0.2, 0.25) is 0 Å². The zero-order chi connectivity index (χ0) is 20.6. The van der Waals surface area contributed by atoms with Crippen LogP contribution in [0.3, 0.4) is 0 Å². The van der Waals surface area contributed by atoms with Crippen LogP contribution in [-0.4, -0.2) is 4.98 Å². The van der Waals surface area contributed by atoms with Crippen LogP contribution >= 0.6 is 0 Å². The molecule has 29 heavy (non-hydrogen) atoms. The molecule has 0 spiro atoms. The van der Waals surface area contributed by atoms with Crippen LogP contribution in [0, 0.1) is 11.8 Å². The van der Waals surface area contributed by atoms with Crippen molar-refractivity contribution in [1.82, 2.24) is 4.98 Å². The molecule has 0 unspecified atom stereocenters. The number of nitrogens with zero attached hydrogens (tertiary/aromatic N) is 1. The minimum atomic E-state index is 0.858. The zero-order valence-electron chi connectivity index (χ0n) is 18.7. The zero-order valence-corrected chi connectivity index (χ0v) is 18.7. The summed E-state index contributed by atoms with van der Waals surface area (Å²) in [6, 6.07) is 13.0. The number of hydrogen-bond acceptors (Lipinski definition) is 1. The van der Waals surface area contributed by atoms with Gasteiger partial charge in [0.15, 0.2) is 0 Å². The first-order valence-electron chi connectivity index (χ1n) is 11.9. The summed E-state index contributed by atoms with van der Waals surface area (Å²) in [6.07, 6.45) is 19.0. The Morgan fingerprint density at radius 2 is 1.14 bits per heavy atom. The van der Waals surface area contributed by atoms with E-state index in [0.29, 0.717) is 0 Å². The Balaban J connectivity index is 1.73. The van der Waals surface area contributed by atoms with Crippen molar-refractivity contribution in [3.63, 3.8) is 0 Å². The summed E-state index contributed by atoms with van der Waals surface area (Å²) in [5, 5.41) is 0. The highest BCUT2D eigenvalue weighted by atomic mass is 14.7. The summed E-state index contributed by atoms with van der Waals surface area (Å²) in [4.78, 5) is 4.53. The first-order valence-corrected chi connectivity index (χ1v) is 11.9. The summed E-state index contributed by atoms with van der Waals surface area (Å²) in [5.41, 5.74) is 4.67. The number of aromatic nitrogens is 1. The van der Waals surface area contributed by atoms with Gasteiger partial charge in [0.1, 0.15) is 5.69 Å². The van der Waals surface area contributed by atoms with Crippen LogP contribution < -0.4 is 0 Å². The van der Waals surface area contributed by atoms with Crippen molar-refractivity contribution in [2.45, 2.75) is 97.3 Å². The maximum absolute atomic E-state index is 4.53. The molecule has 1 heterocycles. The lowest BCUT2D eigenvalue weighted by molar-refractivity contribution is 0.607. The molecule has 156 valence electrons. The van der Waals surface area contributed by atoms with Gasteiger partial charge in [-0.3, -0.25) is 0 Å². The van der Waals surface area contributed by atoms with E-state index in [1.165, 1.54) is 88.2 Å². The fourth-order valence-corrected chi connectivity index (χ4v) is 3.58. The van der Waals surface area contributed by atoms with Crippen LogP contribution in [0.25, 0.3) is 0 Å². The van der Waals surface area contributed by atoms with Crippen LogP contribution in [0.15, 0.2) is 42.6 Å². The summed E-state index contributed by atoms with van der Waals surface area (Å²) in [7, 11) is 0. The summed E-state index contributed by atoms with van der Waals surface area (Å²) in [6.45, 7) is 4.53. The molecule has 1 aromatic carbocycles. The molecule has 1 aromatic heterocycles. The fourth-order valence-electron chi connectivity index (χ4n) is 3.58. The number of pyridine rings is 1. The topological polar surface area (TPSA) is 12.9 Å². The molecule has 0 aliphatic heterocycles. The van der Waals surface area contributed by atoms with Crippen LogP contribution in [-0.2, 0) is 12.8 Å². The number of hydrogen-bond donors (Lipinski definition) is 0. The Morgan fingerprint density at radius 3 is 1.72 bits per heavy atom. The van der Waals surface area contributed by atoms with Gasteiger partial charge in [0.05, 0.1) is 0 Å². The molecule has 0 fully saturated rings. The summed E-state index contributed by atoms with van der Waals surface area (Å²) >= 11 is 0. The maximum Gasteiger partial charge on any atom is 0.113 e. The molecule has 0 amide bonds. The molecule has 1 nitrogen and oxygen atoms in total. The summed E-state index contributed by atoms with van der Waals surface area (Å²) < 4.78 is 0. The van der Waals surface area contributed by atoms with E-state index in [4.69, 9.17) is 0 Å². The molecule has 0 N–H and O–H groups in total. The van der Waals surface area contributed by atoms with Gasteiger partial charge < -0.3 is 0 Å². The molecule has 2 aromatic rings. The molecule has 0 aliphatic rings. The third kappa shape index (κ3) is 10.3. The number of aryl methyl sites for hydroxylation is 2. The van der Waals surface area contributed by atoms with E-state index in [1.54, 1.807) is 0 Å². The largest absolute Gasteiger partial charge is 0.248 e. The van der Waals surface area contributed by atoms with Gasteiger partial charge in [-0.25, -0.2) is 4.98 Å². The molecule has 0 saturated carbocycles. The smallest absolute Gasteiger partial charge is 0.113 e. The predicted octanol–water partition coefficient (Wildman–Crippen LogP) is 7.90. The van der Waals surface area contributed by atoms with E-state index in [2.05, 4.69) is 67.1 Å². The second-order valence-corrected chi connectivity index (χ2v) is 8.18. The van der Waals surface area contributed by atoms with E-state index in [9.17, 15) is 0 Å². The predicted molar refractivity (Wildman–Crippen MR) is 126 cm³/mol. The van der Waals surface area contributed by atoms with Crippen molar-refractivity contribution < 1.29 is 0 Å². The van der Waals surface area contributed by atoms with Gasteiger partial charge in [-0.05, 0) is 60.9 Å². The normalized spacial score (nSPS) is 10.6. The van der Waals surface area contributed by atoms with Gasteiger partial charge >= 0.3 is 0 Å². The van der Waals surface area contributed by atoms with Crippen LogP contribution in [0.4, 0.5) is 0 Å². The van der Waals surface area contributed by atoms with E-state index in [1.807, 2.05) is 6.20 Å². The van der Waals surface area contributed by atoms with Crippen LogP contribution in [0.2, 0.25) is 0 Å². The lowest BCUT2D eigenvalue weighted by Crippen LogP contribution is -1.90. The molecule has 0 saturated heterocycles. The average Bonchev–Trinajstić information content (AvgIpc) is 2.76. The second kappa shape index (κ2) is 14.9. The summed E-state index contributed by atoms with van der Waals surface area (Å²) in [5.74, 6) is 6.45.